The van der Waals surface area contributed by atoms with Gasteiger partial charge in [0.2, 0.25) is 0 Å². The van der Waals surface area contributed by atoms with Crippen LogP contribution in [0.5, 0.6) is 0 Å². The minimum Gasteiger partial charge on any atom is -0.347 e. The molecule has 2 amide bonds. The molecule has 2 N–H and O–H groups in total. The third-order valence-corrected chi connectivity index (χ3v) is 3.69. The molecule has 0 radical (unpaired) electrons. The highest BCUT2D eigenvalue weighted by atomic mass is 19.2. The number of nitrogens with one attached hydrogen (secondary N) is 2. The van der Waals surface area contributed by atoms with Crippen LogP contribution in [0, 0.1) is 11.6 Å². The summed E-state index contributed by atoms with van der Waals surface area (Å²) in [5.41, 5.74) is 1.06. The number of hydrogen-bond donors (Lipinski definition) is 2. The maximum absolute atomic E-state index is 13.2. The van der Waals surface area contributed by atoms with Crippen molar-refractivity contribution < 1.29 is 18.4 Å². The zero-order valence-corrected chi connectivity index (χ0v) is 14.1. The number of rotatable bonds is 5. The molecule has 7 heteroatoms. The molecule has 0 saturated carbocycles. The molecule has 0 aliphatic carbocycles. The Kier molecular flexibility index (Phi) is 5.51. The monoisotopic (exact) mass is 367 g/mol. The molecule has 0 spiro atoms. The first-order valence-electron chi connectivity index (χ1n) is 8.08. The molecular formula is C20H15F2N3O2. The summed E-state index contributed by atoms with van der Waals surface area (Å²) in [5.74, 6) is -3.15. The summed E-state index contributed by atoms with van der Waals surface area (Å²) in [6.45, 7) is 0.326. The van der Waals surface area contributed by atoms with Gasteiger partial charge in [0.05, 0.1) is 0 Å². The number of carbonyl (C=O) groups excluding carboxylic acids is 2. The topological polar surface area (TPSA) is 71.1 Å². The lowest BCUT2D eigenvalue weighted by Gasteiger charge is -2.08. The standard InChI is InChI=1S/C20H15F2N3O2/c21-15-10-9-14(11-16(15)22)24-20(27)18-8-4-7-17(25-18)19(26)23-12-13-5-2-1-3-6-13/h1-11H,12H2,(H,23,26)(H,24,27). The van der Waals surface area contributed by atoms with E-state index in [4.69, 9.17) is 0 Å². The van der Waals surface area contributed by atoms with E-state index in [0.717, 1.165) is 17.7 Å². The summed E-state index contributed by atoms with van der Waals surface area (Å²) in [6.07, 6.45) is 0. The second-order valence-corrected chi connectivity index (χ2v) is 5.66. The van der Waals surface area contributed by atoms with Crippen molar-refractivity contribution in [3.63, 3.8) is 0 Å². The van der Waals surface area contributed by atoms with Crippen LogP contribution in [0.1, 0.15) is 26.5 Å². The summed E-state index contributed by atoms with van der Waals surface area (Å²) in [6, 6.07) is 16.8. The van der Waals surface area contributed by atoms with Gasteiger partial charge in [-0.2, -0.15) is 0 Å². The molecule has 3 rings (SSSR count). The van der Waals surface area contributed by atoms with E-state index in [2.05, 4.69) is 15.6 Å². The van der Waals surface area contributed by atoms with E-state index >= 15 is 0 Å². The van der Waals surface area contributed by atoms with Crippen LogP contribution in [0.15, 0.2) is 66.7 Å². The molecular weight excluding hydrogens is 352 g/mol. The molecule has 2 aromatic carbocycles. The largest absolute Gasteiger partial charge is 0.347 e. The van der Waals surface area contributed by atoms with E-state index in [1.165, 1.54) is 24.3 Å². The molecule has 0 aliphatic heterocycles. The molecule has 0 bridgehead atoms. The predicted octanol–water partition coefficient (Wildman–Crippen LogP) is 3.54. The number of amides is 2. The number of benzene rings is 2. The van der Waals surface area contributed by atoms with Crippen LogP contribution in [0.3, 0.4) is 0 Å². The van der Waals surface area contributed by atoms with Crippen LogP contribution in [0.25, 0.3) is 0 Å². The van der Waals surface area contributed by atoms with E-state index in [1.807, 2.05) is 30.3 Å². The van der Waals surface area contributed by atoms with Crippen LogP contribution in [-0.4, -0.2) is 16.8 Å². The van der Waals surface area contributed by atoms with Gasteiger partial charge in [0.25, 0.3) is 11.8 Å². The molecule has 5 nitrogen and oxygen atoms in total. The first kappa shape index (κ1) is 18.2. The van der Waals surface area contributed by atoms with Gasteiger partial charge >= 0.3 is 0 Å². The van der Waals surface area contributed by atoms with Crippen molar-refractivity contribution >= 4 is 17.5 Å². The number of nitrogens with zero attached hydrogens (tertiary/aromatic N) is 1. The predicted molar refractivity (Wildman–Crippen MR) is 96.2 cm³/mol. The first-order chi connectivity index (χ1) is 13.0. The molecule has 0 unspecified atom stereocenters. The number of hydrogen-bond acceptors (Lipinski definition) is 3. The van der Waals surface area contributed by atoms with Gasteiger partial charge < -0.3 is 10.6 Å². The summed E-state index contributed by atoms with van der Waals surface area (Å²) in [4.78, 5) is 28.5. The van der Waals surface area contributed by atoms with Crippen LogP contribution in [-0.2, 0) is 6.54 Å². The number of pyridine rings is 1. The van der Waals surface area contributed by atoms with Gasteiger partial charge in [-0.25, -0.2) is 13.8 Å². The van der Waals surface area contributed by atoms with Gasteiger partial charge in [-0.1, -0.05) is 36.4 Å². The quantitative estimate of drug-likeness (QED) is 0.725. The van der Waals surface area contributed by atoms with Gasteiger partial charge in [0.1, 0.15) is 11.4 Å². The van der Waals surface area contributed by atoms with Crippen molar-refractivity contribution in [2.24, 2.45) is 0 Å². The Hall–Kier alpha value is -3.61. The lowest BCUT2D eigenvalue weighted by molar-refractivity contribution is 0.0945. The number of carbonyl (C=O) groups is 2. The molecule has 3 aromatic rings. The molecule has 27 heavy (non-hydrogen) atoms. The fourth-order valence-corrected chi connectivity index (χ4v) is 2.33. The maximum atomic E-state index is 13.2. The molecule has 0 saturated heterocycles. The highest BCUT2D eigenvalue weighted by molar-refractivity contribution is 6.03. The second kappa shape index (κ2) is 8.18. The van der Waals surface area contributed by atoms with E-state index in [-0.39, 0.29) is 17.1 Å². The molecule has 0 aliphatic rings. The molecule has 0 atom stereocenters. The van der Waals surface area contributed by atoms with Crippen molar-refractivity contribution in [3.8, 4) is 0 Å². The van der Waals surface area contributed by atoms with Crippen LogP contribution < -0.4 is 10.6 Å². The summed E-state index contributed by atoms with van der Waals surface area (Å²) in [7, 11) is 0. The molecule has 0 fully saturated rings. The Balaban J connectivity index is 1.67. The van der Waals surface area contributed by atoms with E-state index in [9.17, 15) is 18.4 Å². The first-order valence-corrected chi connectivity index (χ1v) is 8.08. The fourth-order valence-electron chi connectivity index (χ4n) is 2.33. The number of anilines is 1. The highest BCUT2D eigenvalue weighted by Crippen LogP contribution is 2.14. The van der Waals surface area contributed by atoms with Crippen LogP contribution in [0.4, 0.5) is 14.5 Å². The smallest absolute Gasteiger partial charge is 0.274 e. The number of halogens is 2. The Morgan fingerprint density at radius 3 is 2.22 bits per heavy atom. The van der Waals surface area contributed by atoms with E-state index in [1.54, 1.807) is 0 Å². The third-order valence-electron chi connectivity index (χ3n) is 3.69. The normalized spacial score (nSPS) is 10.3. The SMILES string of the molecule is O=C(NCc1ccccc1)c1cccc(C(=O)Nc2ccc(F)c(F)c2)n1. The summed E-state index contributed by atoms with van der Waals surface area (Å²) >= 11 is 0. The van der Waals surface area contributed by atoms with Crippen LogP contribution >= 0.6 is 0 Å². The van der Waals surface area contributed by atoms with Gasteiger partial charge in [0, 0.05) is 18.3 Å². The van der Waals surface area contributed by atoms with Gasteiger partial charge in [0.15, 0.2) is 11.6 Å². The molecule has 1 heterocycles. The minimum absolute atomic E-state index is 0.0212. The molecule has 1 aromatic heterocycles. The van der Waals surface area contributed by atoms with Crippen LogP contribution in [0.2, 0.25) is 0 Å². The third kappa shape index (κ3) is 4.72. The average Bonchev–Trinajstić information content (AvgIpc) is 2.70. The van der Waals surface area contributed by atoms with Crippen molar-refractivity contribution in [2.45, 2.75) is 6.54 Å². The Bertz CT molecular complexity index is 978. The summed E-state index contributed by atoms with van der Waals surface area (Å²) < 4.78 is 26.2. The average molecular weight is 367 g/mol. The van der Waals surface area contributed by atoms with Crippen molar-refractivity contribution in [3.05, 3.63) is 95.3 Å². The minimum atomic E-state index is -1.07. The number of aromatic nitrogens is 1. The zero-order valence-electron chi connectivity index (χ0n) is 14.1. The lowest BCUT2D eigenvalue weighted by Crippen LogP contribution is -2.25. The van der Waals surface area contributed by atoms with Gasteiger partial charge in [-0.15, -0.1) is 0 Å². The van der Waals surface area contributed by atoms with Crippen molar-refractivity contribution in [1.29, 1.82) is 0 Å². The fraction of sp³-hybridized carbons (Fsp3) is 0.0500. The van der Waals surface area contributed by atoms with E-state index in [0.29, 0.717) is 6.54 Å². The Labute approximate surface area is 154 Å². The van der Waals surface area contributed by atoms with Gasteiger partial charge in [-0.05, 0) is 29.8 Å². The molecule has 136 valence electrons. The maximum Gasteiger partial charge on any atom is 0.274 e. The lowest BCUT2D eigenvalue weighted by atomic mass is 10.2. The van der Waals surface area contributed by atoms with Crippen molar-refractivity contribution in [2.75, 3.05) is 5.32 Å². The zero-order chi connectivity index (χ0) is 19.2. The van der Waals surface area contributed by atoms with Gasteiger partial charge in [-0.3, -0.25) is 9.59 Å². The second-order valence-electron chi connectivity index (χ2n) is 5.66. The summed E-state index contributed by atoms with van der Waals surface area (Å²) in [5, 5.41) is 5.13. The van der Waals surface area contributed by atoms with Crippen molar-refractivity contribution in [1.82, 2.24) is 10.3 Å². The Morgan fingerprint density at radius 2 is 1.52 bits per heavy atom. The van der Waals surface area contributed by atoms with E-state index < -0.39 is 23.4 Å². The Morgan fingerprint density at radius 1 is 0.815 bits per heavy atom. The highest BCUT2D eigenvalue weighted by Gasteiger charge is 2.13.